The fraction of sp³-hybridized carbons (Fsp3) is 0.429. The molecule has 1 unspecified atom stereocenters. The molecule has 0 bridgehead atoms. The van der Waals surface area contributed by atoms with Crippen LogP contribution in [-0.2, 0) is 10.0 Å². The quantitative estimate of drug-likeness (QED) is 0.672. The summed E-state index contributed by atoms with van der Waals surface area (Å²) in [6.07, 6.45) is 0. The number of likely N-dealkylation sites (N-methyl/N-ethyl adjacent to an activating group) is 1. The van der Waals surface area contributed by atoms with Crippen LogP contribution in [0.3, 0.4) is 0 Å². The van der Waals surface area contributed by atoms with Gasteiger partial charge in [0.05, 0.1) is 5.02 Å². The molecule has 0 spiro atoms. The Balaban J connectivity index is 1.84. The van der Waals surface area contributed by atoms with E-state index in [4.69, 9.17) is 23.2 Å². The van der Waals surface area contributed by atoms with Crippen LogP contribution in [0.25, 0.3) is 0 Å². The SMILES string of the molecule is CN1CCN(C(CNS(=O)(=O)c2cc(Cl)ccc2Cl)c2ccc(N(C)C)cc2)CC1. The van der Waals surface area contributed by atoms with Gasteiger partial charge in [0.15, 0.2) is 0 Å². The van der Waals surface area contributed by atoms with Gasteiger partial charge in [-0.05, 0) is 42.9 Å². The van der Waals surface area contributed by atoms with E-state index in [1.807, 2.05) is 19.0 Å². The number of rotatable bonds is 7. The molecule has 1 atom stereocenters. The Kier molecular flexibility index (Phi) is 7.66. The average Bonchev–Trinajstić information content (AvgIpc) is 2.71. The molecule has 0 saturated carbocycles. The third-order valence-corrected chi connectivity index (χ3v) is 7.56. The van der Waals surface area contributed by atoms with Gasteiger partial charge >= 0.3 is 0 Å². The minimum atomic E-state index is -3.80. The molecule has 3 rings (SSSR count). The molecule has 9 heteroatoms. The van der Waals surface area contributed by atoms with Crippen LogP contribution in [0, 0.1) is 0 Å². The van der Waals surface area contributed by atoms with Crippen molar-refractivity contribution in [3.63, 3.8) is 0 Å². The number of anilines is 1. The average molecular weight is 471 g/mol. The largest absolute Gasteiger partial charge is 0.378 e. The second-order valence-electron chi connectivity index (χ2n) is 7.77. The maximum atomic E-state index is 12.9. The normalized spacial score (nSPS) is 17.1. The van der Waals surface area contributed by atoms with Crippen molar-refractivity contribution in [2.24, 2.45) is 0 Å². The van der Waals surface area contributed by atoms with Crippen molar-refractivity contribution in [1.82, 2.24) is 14.5 Å². The maximum Gasteiger partial charge on any atom is 0.242 e. The fourth-order valence-electron chi connectivity index (χ4n) is 3.54. The number of benzene rings is 2. The second kappa shape index (κ2) is 9.85. The number of nitrogens with zero attached hydrogens (tertiary/aromatic N) is 3. The van der Waals surface area contributed by atoms with E-state index in [9.17, 15) is 8.42 Å². The molecule has 1 heterocycles. The van der Waals surface area contributed by atoms with Gasteiger partial charge in [0.2, 0.25) is 10.0 Å². The maximum absolute atomic E-state index is 12.9. The summed E-state index contributed by atoms with van der Waals surface area (Å²) in [5, 5.41) is 0.480. The van der Waals surface area contributed by atoms with Crippen LogP contribution in [0.2, 0.25) is 10.0 Å². The summed E-state index contributed by atoms with van der Waals surface area (Å²) in [6.45, 7) is 3.88. The monoisotopic (exact) mass is 470 g/mol. The molecule has 1 N–H and O–H groups in total. The molecule has 0 amide bonds. The van der Waals surface area contributed by atoms with Gasteiger partial charge in [-0.2, -0.15) is 0 Å². The highest BCUT2D eigenvalue weighted by molar-refractivity contribution is 7.89. The molecule has 0 aliphatic carbocycles. The van der Waals surface area contributed by atoms with E-state index >= 15 is 0 Å². The molecule has 1 aliphatic rings. The molecule has 6 nitrogen and oxygen atoms in total. The Morgan fingerprint density at radius 2 is 1.67 bits per heavy atom. The molecule has 0 aromatic heterocycles. The Morgan fingerprint density at radius 1 is 1.03 bits per heavy atom. The van der Waals surface area contributed by atoms with E-state index in [0.717, 1.165) is 37.4 Å². The highest BCUT2D eigenvalue weighted by Crippen LogP contribution is 2.27. The van der Waals surface area contributed by atoms with Gasteiger partial charge in [0, 0.05) is 63.6 Å². The molecule has 1 fully saturated rings. The van der Waals surface area contributed by atoms with Crippen LogP contribution in [0.4, 0.5) is 5.69 Å². The molecule has 0 radical (unpaired) electrons. The Morgan fingerprint density at radius 3 is 2.27 bits per heavy atom. The molecular weight excluding hydrogens is 443 g/mol. The summed E-state index contributed by atoms with van der Waals surface area (Å²) in [5.41, 5.74) is 2.17. The van der Waals surface area contributed by atoms with E-state index < -0.39 is 10.0 Å². The van der Waals surface area contributed by atoms with E-state index in [-0.39, 0.29) is 22.5 Å². The van der Waals surface area contributed by atoms with Crippen molar-refractivity contribution in [2.45, 2.75) is 10.9 Å². The standard InChI is InChI=1S/C21H28Cl2N4O2S/c1-25(2)18-7-4-16(5-8-18)20(27-12-10-26(3)11-13-27)15-24-30(28,29)21-14-17(22)6-9-19(21)23/h4-9,14,20,24H,10-13,15H2,1-3H3. The van der Waals surface area contributed by atoms with Gasteiger partial charge < -0.3 is 9.80 Å². The van der Waals surface area contributed by atoms with Crippen molar-refractivity contribution in [3.05, 3.63) is 58.1 Å². The number of nitrogens with one attached hydrogen (secondary N) is 1. The molecule has 2 aromatic carbocycles. The lowest BCUT2D eigenvalue weighted by atomic mass is 10.0. The lowest BCUT2D eigenvalue weighted by Crippen LogP contribution is -2.48. The van der Waals surface area contributed by atoms with Gasteiger partial charge in [0.1, 0.15) is 4.90 Å². The van der Waals surface area contributed by atoms with E-state index in [1.165, 1.54) is 12.1 Å². The predicted octanol–water partition coefficient (Wildman–Crippen LogP) is 3.33. The van der Waals surface area contributed by atoms with E-state index in [2.05, 4.69) is 45.8 Å². The minimum absolute atomic E-state index is 0.00301. The van der Waals surface area contributed by atoms with Gasteiger partial charge in [-0.1, -0.05) is 35.3 Å². The van der Waals surface area contributed by atoms with Crippen LogP contribution in [-0.4, -0.2) is 72.1 Å². The van der Waals surface area contributed by atoms with Crippen molar-refractivity contribution >= 4 is 38.9 Å². The number of sulfonamides is 1. The van der Waals surface area contributed by atoms with E-state index in [1.54, 1.807) is 6.07 Å². The first kappa shape index (κ1) is 23.3. The van der Waals surface area contributed by atoms with Crippen LogP contribution in [0.5, 0.6) is 0 Å². The smallest absolute Gasteiger partial charge is 0.242 e. The molecule has 1 aliphatic heterocycles. The van der Waals surface area contributed by atoms with Crippen molar-refractivity contribution in [1.29, 1.82) is 0 Å². The predicted molar refractivity (Wildman–Crippen MR) is 124 cm³/mol. The summed E-state index contributed by atoms with van der Waals surface area (Å²) in [6, 6.07) is 12.6. The van der Waals surface area contributed by atoms with Crippen LogP contribution < -0.4 is 9.62 Å². The molecule has 30 heavy (non-hydrogen) atoms. The van der Waals surface area contributed by atoms with Gasteiger partial charge in [-0.25, -0.2) is 13.1 Å². The highest BCUT2D eigenvalue weighted by atomic mass is 35.5. The zero-order chi connectivity index (χ0) is 21.9. The van der Waals surface area contributed by atoms with Gasteiger partial charge in [0.25, 0.3) is 0 Å². The lowest BCUT2D eigenvalue weighted by molar-refractivity contribution is 0.113. The van der Waals surface area contributed by atoms with Crippen molar-refractivity contribution < 1.29 is 8.42 Å². The van der Waals surface area contributed by atoms with Crippen LogP contribution in [0.15, 0.2) is 47.4 Å². The highest BCUT2D eigenvalue weighted by Gasteiger charge is 2.27. The second-order valence-corrected chi connectivity index (χ2v) is 10.3. The Hall–Kier alpha value is -1.35. The molecular formula is C21H28Cl2N4O2S. The van der Waals surface area contributed by atoms with Crippen molar-refractivity contribution in [2.75, 3.05) is 58.8 Å². The van der Waals surface area contributed by atoms with Gasteiger partial charge in [-0.15, -0.1) is 0 Å². The third-order valence-electron chi connectivity index (χ3n) is 5.42. The summed E-state index contributed by atoms with van der Waals surface area (Å²) >= 11 is 12.1. The van der Waals surface area contributed by atoms with Crippen LogP contribution in [0.1, 0.15) is 11.6 Å². The zero-order valence-corrected chi connectivity index (χ0v) is 19.8. The minimum Gasteiger partial charge on any atom is -0.378 e. The first-order chi connectivity index (χ1) is 14.2. The van der Waals surface area contributed by atoms with E-state index in [0.29, 0.717) is 5.02 Å². The topological polar surface area (TPSA) is 55.9 Å². The molecule has 1 saturated heterocycles. The number of piperazine rings is 1. The molecule has 164 valence electrons. The Labute approximate surface area is 189 Å². The number of halogens is 2. The van der Waals surface area contributed by atoms with Gasteiger partial charge in [-0.3, -0.25) is 4.90 Å². The summed E-state index contributed by atoms with van der Waals surface area (Å²) < 4.78 is 28.6. The van der Waals surface area contributed by atoms with Crippen molar-refractivity contribution in [3.8, 4) is 0 Å². The molecule has 2 aromatic rings. The summed E-state index contributed by atoms with van der Waals surface area (Å²) in [4.78, 5) is 6.64. The first-order valence-electron chi connectivity index (χ1n) is 9.82. The fourth-order valence-corrected chi connectivity index (χ4v) is 5.33. The third kappa shape index (κ3) is 5.66. The summed E-state index contributed by atoms with van der Waals surface area (Å²) in [7, 11) is 2.29. The first-order valence-corrected chi connectivity index (χ1v) is 12.1. The van der Waals surface area contributed by atoms with Crippen LogP contribution >= 0.6 is 23.2 Å². The lowest BCUT2D eigenvalue weighted by Gasteiger charge is -2.38. The Bertz CT molecular complexity index is 959. The summed E-state index contributed by atoms with van der Waals surface area (Å²) in [5.74, 6) is 0. The number of hydrogen-bond acceptors (Lipinski definition) is 5. The number of hydrogen-bond donors (Lipinski definition) is 1. The zero-order valence-electron chi connectivity index (χ0n) is 17.5.